The first kappa shape index (κ1) is 10.5. The Kier molecular flexibility index (Phi) is 3.71. The lowest BCUT2D eigenvalue weighted by atomic mass is 10.3. The van der Waals surface area contributed by atoms with E-state index in [0.29, 0.717) is 18.3 Å². The van der Waals surface area contributed by atoms with Gasteiger partial charge in [-0.3, -0.25) is 4.68 Å². The summed E-state index contributed by atoms with van der Waals surface area (Å²) in [6.07, 6.45) is 0. The molecule has 1 heterocycles. The maximum atomic E-state index is 6.00. The van der Waals surface area contributed by atoms with Gasteiger partial charge in [-0.05, 0) is 13.8 Å². The first-order valence-corrected chi connectivity index (χ1v) is 4.57. The Morgan fingerprint density at radius 1 is 1.62 bits per heavy atom. The van der Waals surface area contributed by atoms with E-state index in [2.05, 4.69) is 10.6 Å². The van der Waals surface area contributed by atoms with Gasteiger partial charge >= 0.3 is 0 Å². The van der Waals surface area contributed by atoms with Crippen LogP contribution in [0, 0.1) is 6.92 Å². The third-order valence-corrected chi connectivity index (χ3v) is 2.24. The zero-order chi connectivity index (χ0) is 9.84. The lowest BCUT2D eigenvalue weighted by Gasteiger charge is -2.02. The summed E-state index contributed by atoms with van der Waals surface area (Å²) in [7, 11) is 1.82. The van der Waals surface area contributed by atoms with Crippen LogP contribution in [-0.4, -0.2) is 16.4 Å². The number of aromatic nitrogens is 2. The van der Waals surface area contributed by atoms with Crippen molar-refractivity contribution in [3.05, 3.63) is 16.4 Å². The van der Waals surface area contributed by atoms with E-state index in [1.807, 2.05) is 20.9 Å². The molecule has 0 bridgehead atoms. The molecule has 0 aliphatic heterocycles. The third-order valence-electron chi connectivity index (χ3n) is 1.77. The van der Waals surface area contributed by atoms with Crippen molar-refractivity contribution in [1.82, 2.24) is 15.3 Å². The van der Waals surface area contributed by atoms with Gasteiger partial charge in [0.1, 0.15) is 5.15 Å². The quantitative estimate of drug-likeness (QED) is 0.594. The van der Waals surface area contributed by atoms with E-state index in [0.717, 1.165) is 11.3 Å². The highest BCUT2D eigenvalue weighted by atomic mass is 35.5. The molecule has 0 aliphatic rings. The molecule has 5 heteroatoms. The second-order valence-electron chi connectivity index (χ2n) is 2.73. The molecule has 0 spiro atoms. The summed E-state index contributed by atoms with van der Waals surface area (Å²) in [5.41, 5.74) is 4.72. The Morgan fingerprint density at radius 3 is 2.77 bits per heavy atom. The Bertz CT molecular complexity index is 285. The molecular formula is C8H14ClN3O. The van der Waals surface area contributed by atoms with Gasteiger partial charge in [-0.2, -0.15) is 10.6 Å². The molecule has 0 aliphatic carbocycles. The van der Waals surface area contributed by atoms with Crippen molar-refractivity contribution in [3.8, 4) is 0 Å². The summed E-state index contributed by atoms with van der Waals surface area (Å²) >= 11 is 6.00. The average molecular weight is 204 g/mol. The molecule has 1 N–H and O–H groups in total. The fraction of sp³-hybridized carbons (Fsp3) is 0.625. The fourth-order valence-corrected chi connectivity index (χ4v) is 1.34. The number of aryl methyl sites for hydroxylation is 2. The van der Waals surface area contributed by atoms with Crippen molar-refractivity contribution in [1.29, 1.82) is 0 Å². The molecule has 4 nitrogen and oxygen atoms in total. The number of rotatable bonds is 4. The monoisotopic (exact) mass is 203 g/mol. The van der Waals surface area contributed by atoms with Crippen molar-refractivity contribution in [2.45, 2.75) is 20.4 Å². The van der Waals surface area contributed by atoms with E-state index in [-0.39, 0.29) is 0 Å². The van der Waals surface area contributed by atoms with Crippen molar-refractivity contribution < 1.29 is 4.84 Å². The van der Waals surface area contributed by atoms with Gasteiger partial charge in [0.2, 0.25) is 0 Å². The van der Waals surface area contributed by atoms with Crippen LogP contribution in [0.3, 0.4) is 0 Å². The summed E-state index contributed by atoms with van der Waals surface area (Å²) in [6.45, 7) is 5.07. The smallest absolute Gasteiger partial charge is 0.131 e. The van der Waals surface area contributed by atoms with Gasteiger partial charge in [-0.1, -0.05) is 11.6 Å². The molecule has 0 aromatic carbocycles. The molecule has 0 saturated carbocycles. The summed E-state index contributed by atoms with van der Waals surface area (Å²) < 4.78 is 1.65. The van der Waals surface area contributed by atoms with Crippen LogP contribution in [0.2, 0.25) is 5.15 Å². The van der Waals surface area contributed by atoms with Crippen molar-refractivity contribution in [2.75, 3.05) is 6.61 Å². The highest BCUT2D eigenvalue weighted by Crippen LogP contribution is 2.17. The number of hydrogen-bond acceptors (Lipinski definition) is 3. The van der Waals surface area contributed by atoms with Gasteiger partial charge in [-0.15, -0.1) is 0 Å². The molecule has 0 saturated heterocycles. The second-order valence-corrected chi connectivity index (χ2v) is 3.09. The van der Waals surface area contributed by atoms with Crippen LogP contribution in [-0.2, 0) is 18.4 Å². The lowest BCUT2D eigenvalue weighted by molar-refractivity contribution is 0.0462. The van der Waals surface area contributed by atoms with Crippen LogP contribution < -0.4 is 5.48 Å². The molecule has 0 atom stereocenters. The number of halogens is 1. The lowest BCUT2D eigenvalue weighted by Crippen LogP contribution is -2.14. The molecule has 0 fully saturated rings. The van der Waals surface area contributed by atoms with Crippen LogP contribution in [0.1, 0.15) is 18.2 Å². The minimum absolute atomic E-state index is 0.590. The molecule has 0 unspecified atom stereocenters. The summed E-state index contributed by atoms with van der Waals surface area (Å²) in [4.78, 5) is 5.01. The van der Waals surface area contributed by atoms with Crippen molar-refractivity contribution >= 4 is 11.6 Å². The van der Waals surface area contributed by atoms with Gasteiger partial charge in [0.05, 0.1) is 18.8 Å². The van der Waals surface area contributed by atoms with Crippen LogP contribution >= 0.6 is 11.6 Å². The highest BCUT2D eigenvalue weighted by Gasteiger charge is 2.09. The molecule has 1 aromatic heterocycles. The van der Waals surface area contributed by atoms with Crippen LogP contribution in [0.4, 0.5) is 0 Å². The standard InChI is InChI=1S/C8H14ClN3O/c1-4-13-10-5-7-6(2)11-12(3)8(7)9/h10H,4-5H2,1-3H3. The predicted octanol–water partition coefficient (Wildman–Crippen LogP) is 1.42. The van der Waals surface area contributed by atoms with Gasteiger partial charge in [0, 0.05) is 12.6 Å². The Morgan fingerprint density at radius 2 is 2.31 bits per heavy atom. The topological polar surface area (TPSA) is 39.1 Å². The SMILES string of the molecule is CCONCc1c(C)nn(C)c1Cl. The summed E-state index contributed by atoms with van der Waals surface area (Å²) in [6, 6.07) is 0. The Labute approximate surface area is 82.8 Å². The van der Waals surface area contributed by atoms with Crippen molar-refractivity contribution in [3.63, 3.8) is 0 Å². The van der Waals surface area contributed by atoms with Gasteiger partial charge in [0.25, 0.3) is 0 Å². The number of nitrogens with zero attached hydrogens (tertiary/aromatic N) is 2. The number of hydroxylamine groups is 1. The normalized spacial score (nSPS) is 10.8. The molecule has 1 rings (SSSR count). The van der Waals surface area contributed by atoms with Crippen molar-refractivity contribution in [2.24, 2.45) is 7.05 Å². The maximum Gasteiger partial charge on any atom is 0.131 e. The average Bonchev–Trinajstić information content (AvgIpc) is 2.32. The summed E-state index contributed by atoms with van der Waals surface area (Å²) in [5.74, 6) is 0. The van der Waals surface area contributed by atoms with E-state index in [4.69, 9.17) is 16.4 Å². The van der Waals surface area contributed by atoms with E-state index in [9.17, 15) is 0 Å². The van der Waals surface area contributed by atoms with Gasteiger partial charge in [-0.25, -0.2) is 0 Å². The van der Waals surface area contributed by atoms with Crippen LogP contribution in [0.5, 0.6) is 0 Å². The molecular weight excluding hydrogens is 190 g/mol. The van der Waals surface area contributed by atoms with E-state index < -0.39 is 0 Å². The first-order chi connectivity index (χ1) is 6.16. The van der Waals surface area contributed by atoms with Gasteiger partial charge < -0.3 is 4.84 Å². The van der Waals surface area contributed by atoms with Crippen LogP contribution in [0.25, 0.3) is 0 Å². The maximum absolute atomic E-state index is 6.00. The minimum Gasteiger partial charge on any atom is -0.302 e. The number of nitrogens with one attached hydrogen (secondary N) is 1. The molecule has 13 heavy (non-hydrogen) atoms. The third kappa shape index (κ3) is 2.43. The molecule has 74 valence electrons. The minimum atomic E-state index is 0.590. The van der Waals surface area contributed by atoms with E-state index in [1.54, 1.807) is 4.68 Å². The Hall–Kier alpha value is -0.580. The number of hydrogen-bond donors (Lipinski definition) is 1. The van der Waals surface area contributed by atoms with E-state index >= 15 is 0 Å². The van der Waals surface area contributed by atoms with Crippen LogP contribution in [0.15, 0.2) is 0 Å². The largest absolute Gasteiger partial charge is 0.302 e. The predicted molar refractivity (Wildman–Crippen MR) is 51.4 cm³/mol. The van der Waals surface area contributed by atoms with Gasteiger partial charge in [0.15, 0.2) is 0 Å². The first-order valence-electron chi connectivity index (χ1n) is 4.19. The molecule has 0 amide bonds. The zero-order valence-electron chi connectivity index (χ0n) is 8.09. The zero-order valence-corrected chi connectivity index (χ0v) is 8.85. The second kappa shape index (κ2) is 4.60. The fourth-order valence-electron chi connectivity index (χ4n) is 1.10. The summed E-state index contributed by atoms with van der Waals surface area (Å²) in [5, 5.41) is 4.84. The Balaban J connectivity index is 2.64. The molecule has 1 aromatic rings. The molecule has 0 radical (unpaired) electrons. The highest BCUT2D eigenvalue weighted by molar-refractivity contribution is 6.30. The van der Waals surface area contributed by atoms with E-state index in [1.165, 1.54) is 0 Å².